The third-order valence-corrected chi connectivity index (χ3v) is 17.0. The molecule has 0 aromatic carbocycles. The second kappa shape index (κ2) is 14.0. The van der Waals surface area contributed by atoms with E-state index >= 15 is 0 Å². The fourth-order valence-corrected chi connectivity index (χ4v) is 13.1. The quantitative estimate of drug-likeness (QED) is 0.171. The molecule has 0 radical (unpaired) electrons. The van der Waals surface area contributed by atoms with Crippen LogP contribution in [0.4, 0.5) is 0 Å². The second-order valence-corrected chi connectivity index (χ2v) is 20.0. The molecule has 7 rings (SSSR count). The van der Waals surface area contributed by atoms with Crippen LogP contribution >= 0.6 is 0 Å². The summed E-state index contributed by atoms with van der Waals surface area (Å²) < 4.78 is 23.5. The molecular formula is C41H62O15. The Hall–Kier alpha value is -2.05. The van der Waals surface area contributed by atoms with Gasteiger partial charge >= 0.3 is 11.9 Å². The van der Waals surface area contributed by atoms with Crippen LogP contribution in [0.15, 0.2) is 11.6 Å². The predicted molar refractivity (Wildman–Crippen MR) is 194 cm³/mol. The smallest absolute Gasteiger partial charge is 0.335 e. The Bertz CT molecular complexity index is 1620. The molecule has 0 unspecified atom stereocenters. The van der Waals surface area contributed by atoms with Crippen molar-refractivity contribution in [1.29, 1.82) is 0 Å². The van der Waals surface area contributed by atoms with E-state index in [1.54, 1.807) is 0 Å². The number of allylic oxidation sites excluding steroid dienone is 2. The maximum absolute atomic E-state index is 14.8. The van der Waals surface area contributed by atoms with Gasteiger partial charge in [-0.05, 0) is 104 Å². The molecule has 15 nitrogen and oxygen atoms in total. The molecule has 19 atom stereocenters. The third-order valence-electron chi connectivity index (χ3n) is 17.0. The fourth-order valence-electron chi connectivity index (χ4n) is 13.1. The molecule has 0 amide bonds. The third kappa shape index (κ3) is 6.00. The number of carboxylic acid groups (broad SMARTS) is 2. The number of aliphatic hydroxyl groups is 6. The maximum Gasteiger partial charge on any atom is 0.335 e. The molecule has 0 aromatic heterocycles. The fraction of sp³-hybridized carbons (Fsp3) is 0.878. The Balaban J connectivity index is 1.19. The largest absolute Gasteiger partial charge is 0.481 e. The summed E-state index contributed by atoms with van der Waals surface area (Å²) in [6.45, 7) is 11.8. The summed E-state index contributed by atoms with van der Waals surface area (Å²) in [5.41, 5.74) is -2.30. The van der Waals surface area contributed by atoms with E-state index < -0.39 is 108 Å². The average molecular weight is 795 g/mol. The van der Waals surface area contributed by atoms with Crippen LogP contribution in [0.3, 0.4) is 0 Å². The minimum atomic E-state index is -1.97. The summed E-state index contributed by atoms with van der Waals surface area (Å²) in [5, 5.41) is 84.1. The maximum atomic E-state index is 14.8. The lowest BCUT2D eigenvalue weighted by Crippen LogP contribution is -2.68. The molecule has 0 aromatic rings. The highest BCUT2D eigenvalue weighted by molar-refractivity contribution is 5.95. The summed E-state index contributed by atoms with van der Waals surface area (Å²) >= 11 is 0. The normalized spacial score (nSPS) is 54.5. The van der Waals surface area contributed by atoms with Gasteiger partial charge in [-0.15, -0.1) is 0 Å². The number of rotatable bonds is 7. The van der Waals surface area contributed by atoms with Crippen LogP contribution in [0.1, 0.15) is 99.3 Å². The predicted octanol–water partition coefficient (Wildman–Crippen LogP) is 1.76. The number of fused-ring (bicyclic) bond motifs is 7. The van der Waals surface area contributed by atoms with Crippen molar-refractivity contribution in [2.45, 2.75) is 161 Å². The van der Waals surface area contributed by atoms with Crippen molar-refractivity contribution < 1.29 is 74.2 Å². The Morgan fingerprint density at radius 1 is 0.821 bits per heavy atom. The van der Waals surface area contributed by atoms with E-state index in [1.165, 1.54) is 0 Å². The highest BCUT2D eigenvalue weighted by atomic mass is 16.8. The van der Waals surface area contributed by atoms with Crippen molar-refractivity contribution in [2.24, 2.45) is 50.2 Å². The lowest BCUT2D eigenvalue weighted by molar-refractivity contribution is -0.367. The number of carbonyl (C=O) groups excluding carboxylic acids is 1. The number of aliphatic carboxylic acids is 2. The van der Waals surface area contributed by atoms with E-state index in [0.717, 1.165) is 24.8 Å². The molecule has 4 saturated carbocycles. The van der Waals surface area contributed by atoms with Gasteiger partial charge in [-0.1, -0.05) is 40.2 Å². The van der Waals surface area contributed by atoms with Crippen molar-refractivity contribution in [3.8, 4) is 0 Å². The van der Waals surface area contributed by atoms with Crippen LogP contribution in [0, 0.1) is 50.2 Å². The molecule has 2 aliphatic heterocycles. The summed E-state index contributed by atoms with van der Waals surface area (Å²) in [6, 6.07) is 0. The Morgan fingerprint density at radius 2 is 1.50 bits per heavy atom. The van der Waals surface area contributed by atoms with Gasteiger partial charge in [0.1, 0.15) is 36.6 Å². The first kappa shape index (κ1) is 42.1. The van der Waals surface area contributed by atoms with Crippen molar-refractivity contribution >= 4 is 17.7 Å². The molecule has 316 valence electrons. The molecule has 2 saturated heterocycles. The zero-order valence-electron chi connectivity index (χ0n) is 33.3. The van der Waals surface area contributed by atoms with E-state index in [-0.39, 0.29) is 35.1 Å². The molecule has 0 spiro atoms. The van der Waals surface area contributed by atoms with Gasteiger partial charge in [0.2, 0.25) is 0 Å². The molecule has 15 heteroatoms. The first-order chi connectivity index (χ1) is 26.0. The zero-order valence-corrected chi connectivity index (χ0v) is 33.3. The lowest BCUT2D eigenvalue weighted by Gasteiger charge is -2.70. The lowest BCUT2D eigenvalue weighted by atomic mass is 9.33. The Kier molecular flexibility index (Phi) is 10.5. The number of ether oxygens (including phenoxy) is 4. The zero-order chi connectivity index (χ0) is 41.1. The molecule has 2 heterocycles. The highest BCUT2D eigenvalue weighted by Crippen LogP contribution is 2.75. The van der Waals surface area contributed by atoms with Crippen molar-refractivity contribution in [3.63, 3.8) is 0 Å². The SMILES string of the molecule is C[C@]1(C(=O)O)CC[C@]2(C)CC[C@]3(C)C(=CC(=O)[C@@H]4[C@@]5(C)CC[C@H](O[C@@H]6O[C@H](C(=O)O)[C@@H](O)[C@H](O)[C@H]6O[C@@H]6OC[C@H](O)[C@H](O)[C@H]6O)[C@](C)(CO)[C@@H]5CC[C@]43C)[C@@H]2C1. The van der Waals surface area contributed by atoms with Gasteiger partial charge < -0.3 is 59.8 Å². The molecule has 7 aliphatic rings. The molecule has 5 aliphatic carbocycles. The summed E-state index contributed by atoms with van der Waals surface area (Å²) in [6.07, 6.45) is -8.62. The summed E-state index contributed by atoms with van der Waals surface area (Å²) in [4.78, 5) is 39.5. The van der Waals surface area contributed by atoms with E-state index in [0.29, 0.717) is 38.5 Å². The van der Waals surface area contributed by atoms with E-state index in [4.69, 9.17) is 18.9 Å². The number of hydrogen-bond donors (Lipinski definition) is 8. The Labute approximate surface area is 327 Å². The average Bonchev–Trinajstić information content (AvgIpc) is 3.13. The number of ketones is 1. The van der Waals surface area contributed by atoms with Crippen LogP contribution in [0.25, 0.3) is 0 Å². The highest BCUT2D eigenvalue weighted by Gasteiger charge is 2.71. The van der Waals surface area contributed by atoms with Crippen LogP contribution in [0.2, 0.25) is 0 Å². The topological polar surface area (TPSA) is 250 Å². The number of carbonyl (C=O) groups is 3. The van der Waals surface area contributed by atoms with Gasteiger partial charge in [-0.2, -0.15) is 0 Å². The first-order valence-corrected chi connectivity index (χ1v) is 20.3. The molecule has 6 fully saturated rings. The van der Waals surface area contributed by atoms with Crippen LogP contribution in [0.5, 0.6) is 0 Å². The minimum Gasteiger partial charge on any atom is -0.481 e. The molecule has 56 heavy (non-hydrogen) atoms. The van der Waals surface area contributed by atoms with Crippen molar-refractivity contribution in [1.82, 2.24) is 0 Å². The van der Waals surface area contributed by atoms with E-state index in [2.05, 4.69) is 27.7 Å². The standard InChI is InChI=1S/C41H62O15/c1-36-11-12-37(2,35(51)52)16-20(36)19-15-21(43)31-38(3)9-8-24(39(4,18-42)23(38)7-10-41(31,6)40(19,5)14-13-36)54-34-30(27(47)26(46)29(55-34)32(49)50)56-33-28(48)25(45)22(44)17-53-33/h15,20,22-31,33-34,42,44-48H,7-14,16-18H2,1-6H3,(H,49,50)(H,51,52)/t20-,22-,23+,24-,25-,26-,27-,28+,29-,30+,31+,33-,34+,36+,37-,38-,39+,40+,41+/m0/s1. The van der Waals surface area contributed by atoms with Crippen LogP contribution in [-0.2, 0) is 33.3 Å². The van der Waals surface area contributed by atoms with Gasteiger partial charge in [0.05, 0.1) is 24.7 Å². The summed E-state index contributed by atoms with van der Waals surface area (Å²) in [7, 11) is 0. The van der Waals surface area contributed by atoms with Gasteiger partial charge in [0.25, 0.3) is 0 Å². The Morgan fingerprint density at radius 3 is 2.14 bits per heavy atom. The molecule has 8 N–H and O–H groups in total. The monoisotopic (exact) mass is 794 g/mol. The first-order valence-electron chi connectivity index (χ1n) is 20.3. The number of aliphatic hydroxyl groups excluding tert-OH is 6. The second-order valence-electron chi connectivity index (χ2n) is 20.0. The number of hydrogen-bond acceptors (Lipinski definition) is 13. The van der Waals surface area contributed by atoms with Crippen LogP contribution in [-0.4, -0.2) is 133 Å². The summed E-state index contributed by atoms with van der Waals surface area (Å²) in [5.74, 6) is -3.03. The van der Waals surface area contributed by atoms with E-state index in [1.807, 2.05) is 19.9 Å². The van der Waals surface area contributed by atoms with Gasteiger partial charge in [0, 0.05) is 11.3 Å². The van der Waals surface area contributed by atoms with Crippen molar-refractivity contribution in [2.75, 3.05) is 13.2 Å². The number of carboxylic acids is 2. The molecular weight excluding hydrogens is 732 g/mol. The van der Waals surface area contributed by atoms with Gasteiger partial charge in [-0.25, -0.2) is 4.79 Å². The van der Waals surface area contributed by atoms with Gasteiger partial charge in [0.15, 0.2) is 24.5 Å². The van der Waals surface area contributed by atoms with Crippen LogP contribution < -0.4 is 0 Å². The van der Waals surface area contributed by atoms with Gasteiger partial charge in [-0.3, -0.25) is 9.59 Å². The minimum absolute atomic E-state index is 0.0298. The van der Waals surface area contributed by atoms with Crippen molar-refractivity contribution in [3.05, 3.63) is 11.6 Å². The molecule has 0 bridgehead atoms. The van der Waals surface area contributed by atoms with E-state index in [9.17, 15) is 55.2 Å².